The summed E-state index contributed by atoms with van der Waals surface area (Å²) in [6, 6.07) is 38.0. The Balaban J connectivity index is 1.62. The van der Waals surface area contributed by atoms with Crippen LogP contribution in [0, 0.1) is 0 Å². The molecule has 0 bridgehead atoms. The number of amides is 1. The van der Waals surface area contributed by atoms with Crippen LogP contribution in [0.15, 0.2) is 132 Å². The first-order valence-electron chi connectivity index (χ1n) is 11.1. The SMILES string of the molecule is O=C(NN1C(c2ccccc2)=CC(c2ccccc2)=CC1c1ccccc1)c1ccc(Br)cc1. The van der Waals surface area contributed by atoms with Crippen molar-refractivity contribution in [2.75, 3.05) is 0 Å². The van der Waals surface area contributed by atoms with E-state index in [1.165, 1.54) is 0 Å². The molecular weight excluding hydrogens is 484 g/mol. The lowest BCUT2D eigenvalue weighted by Crippen LogP contribution is -2.44. The minimum Gasteiger partial charge on any atom is -0.273 e. The molecule has 1 aliphatic heterocycles. The summed E-state index contributed by atoms with van der Waals surface area (Å²) in [5, 5.41) is 1.97. The fourth-order valence-electron chi connectivity index (χ4n) is 4.10. The molecule has 166 valence electrons. The fourth-order valence-corrected chi connectivity index (χ4v) is 4.37. The molecule has 0 fully saturated rings. The topological polar surface area (TPSA) is 32.3 Å². The third-order valence-electron chi connectivity index (χ3n) is 5.81. The zero-order valence-corrected chi connectivity index (χ0v) is 20.0. The number of nitrogens with one attached hydrogen (secondary N) is 1. The Kier molecular flexibility index (Phi) is 6.41. The van der Waals surface area contributed by atoms with Gasteiger partial charge in [0.05, 0.1) is 11.7 Å². The second-order valence-corrected chi connectivity index (χ2v) is 8.97. The molecule has 1 aliphatic rings. The standard InChI is InChI=1S/C30H23BrN2O/c31-27-18-16-25(17-19-27)30(34)32-33-28(23-12-6-2-7-13-23)20-26(22-10-4-1-5-11-22)21-29(33)24-14-8-3-9-15-24/h1-21,28H,(H,32,34). The Bertz CT molecular complexity index is 1330. The molecule has 1 unspecified atom stereocenters. The van der Waals surface area contributed by atoms with Crippen LogP contribution in [0.4, 0.5) is 0 Å². The number of hydrazine groups is 1. The highest BCUT2D eigenvalue weighted by atomic mass is 79.9. The lowest BCUT2D eigenvalue weighted by molar-refractivity contribution is 0.0837. The quantitative estimate of drug-likeness (QED) is 0.308. The number of halogens is 1. The molecule has 4 aromatic carbocycles. The number of benzene rings is 4. The normalized spacial score (nSPS) is 15.3. The molecule has 4 aromatic rings. The molecule has 0 saturated carbocycles. The third-order valence-corrected chi connectivity index (χ3v) is 6.34. The number of rotatable bonds is 5. The van der Waals surface area contributed by atoms with Crippen LogP contribution >= 0.6 is 15.9 Å². The van der Waals surface area contributed by atoms with Crippen molar-refractivity contribution in [3.05, 3.63) is 154 Å². The monoisotopic (exact) mass is 506 g/mol. The van der Waals surface area contributed by atoms with Crippen molar-refractivity contribution in [3.8, 4) is 0 Å². The largest absolute Gasteiger partial charge is 0.273 e. The van der Waals surface area contributed by atoms with E-state index >= 15 is 0 Å². The molecule has 1 N–H and O–H groups in total. The van der Waals surface area contributed by atoms with Gasteiger partial charge in [-0.25, -0.2) is 0 Å². The van der Waals surface area contributed by atoms with Crippen molar-refractivity contribution in [1.82, 2.24) is 10.4 Å². The Morgan fingerprint density at radius 3 is 1.88 bits per heavy atom. The van der Waals surface area contributed by atoms with Crippen LogP contribution in [-0.4, -0.2) is 10.9 Å². The van der Waals surface area contributed by atoms with Gasteiger partial charge in [-0.1, -0.05) is 107 Å². The van der Waals surface area contributed by atoms with Gasteiger partial charge in [0, 0.05) is 10.0 Å². The van der Waals surface area contributed by atoms with Gasteiger partial charge in [-0.3, -0.25) is 15.2 Å². The number of carbonyl (C=O) groups excluding carboxylic acids is 1. The predicted octanol–water partition coefficient (Wildman–Crippen LogP) is 7.28. The van der Waals surface area contributed by atoms with Crippen LogP contribution in [0.3, 0.4) is 0 Å². The van der Waals surface area contributed by atoms with Crippen LogP contribution in [0.5, 0.6) is 0 Å². The average molecular weight is 507 g/mol. The number of hydrogen-bond donors (Lipinski definition) is 1. The van der Waals surface area contributed by atoms with Crippen LogP contribution in [0.2, 0.25) is 0 Å². The van der Waals surface area contributed by atoms with Crippen LogP contribution in [0.1, 0.15) is 33.1 Å². The van der Waals surface area contributed by atoms with E-state index in [0.29, 0.717) is 5.56 Å². The summed E-state index contributed by atoms with van der Waals surface area (Å²) in [4.78, 5) is 13.3. The predicted molar refractivity (Wildman–Crippen MR) is 141 cm³/mol. The van der Waals surface area contributed by atoms with E-state index in [9.17, 15) is 4.79 Å². The van der Waals surface area contributed by atoms with E-state index in [0.717, 1.165) is 32.4 Å². The molecule has 1 amide bonds. The molecule has 4 heteroatoms. The molecule has 0 aromatic heterocycles. The van der Waals surface area contributed by atoms with Crippen molar-refractivity contribution in [2.45, 2.75) is 6.04 Å². The van der Waals surface area contributed by atoms with Gasteiger partial charge in [0.1, 0.15) is 0 Å². The maximum absolute atomic E-state index is 13.3. The zero-order chi connectivity index (χ0) is 23.3. The molecule has 0 saturated heterocycles. The number of carbonyl (C=O) groups is 1. The molecule has 0 spiro atoms. The van der Waals surface area contributed by atoms with Crippen LogP contribution in [0.25, 0.3) is 11.3 Å². The van der Waals surface area contributed by atoms with Gasteiger partial charge in [0.2, 0.25) is 0 Å². The smallest absolute Gasteiger partial charge is 0.269 e. The van der Waals surface area contributed by atoms with Gasteiger partial charge < -0.3 is 0 Å². The molecule has 34 heavy (non-hydrogen) atoms. The van der Waals surface area contributed by atoms with Crippen molar-refractivity contribution in [2.24, 2.45) is 0 Å². The molecule has 1 atom stereocenters. The fraction of sp³-hybridized carbons (Fsp3) is 0.0333. The molecule has 5 rings (SSSR count). The summed E-state index contributed by atoms with van der Waals surface area (Å²) < 4.78 is 0.935. The second kappa shape index (κ2) is 9.94. The summed E-state index contributed by atoms with van der Waals surface area (Å²) in [6.07, 6.45) is 4.35. The zero-order valence-electron chi connectivity index (χ0n) is 18.4. The second-order valence-electron chi connectivity index (χ2n) is 8.06. The summed E-state index contributed by atoms with van der Waals surface area (Å²) in [5.41, 5.74) is 9.09. The van der Waals surface area contributed by atoms with Crippen molar-refractivity contribution >= 4 is 33.1 Å². The highest BCUT2D eigenvalue weighted by Crippen LogP contribution is 2.38. The summed E-state index contributed by atoms with van der Waals surface area (Å²) >= 11 is 3.44. The first-order chi connectivity index (χ1) is 16.7. The van der Waals surface area contributed by atoms with Gasteiger partial charge >= 0.3 is 0 Å². The summed E-state index contributed by atoms with van der Waals surface area (Å²) in [7, 11) is 0. The first-order valence-corrected chi connectivity index (χ1v) is 11.9. The Hall–Kier alpha value is -3.89. The average Bonchev–Trinajstić information content (AvgIpc) is 2.90. The summed E-state index contributed by atoms with van der Waals surface area (Å²) in [6.45, 7) is 0. The minimum atomic E-state index is -0.184. The van der Waals surface area contributed by atoms with Gasteiger partial charge in [0.25, 0.3) is 5.91 Å². The lowest BCUT2D eigenvalue weighted by atomic mass is 9.92. The van der Waals surface area contributed by atoms with Gasteiger partial charge in [-0.15, -0.1) is 0 Å². The van der Waals surface area contributed by atoms with E-state index in [1.54, 1.807) is 0 Å². The van der Waals surface area contributed by atoms with Crippen molar-refractivity contribution in [1.29, 1.82) is 0 Å². The molecule has 0 aliphatic carbocycles. The maximum atomic E-state index is 13.3. The number of hydrogen-bond acceptors (Lipinski definition) is 2. The maximum Gasteiger partial charge on any atom is 0.269 e. The van der Waals surface area contributed by atoms with Crippen LogP contribution in [-0.2, 0) is 0 Å². The van der Waals surface area contributed by atoms with E-state index < -0.39 is 0 Å². The van der Waals surface area contributed by atoms with E-state index in [2.05, 4.69) is 69.9 Å². The third kappa shape index (κ3) is 4.73. The number of nitrogens with zero attached hydrogens (tertiary/aromatic N) is 1. The van der Waals surface area contributed by atoms with E-state index in [-0.39, 0.29) is 11.9 Å². The first kappa shape index (κ1) is 21.9. The highest BCUT2D eigenvalue weighted by Gasteiger charge is 2.28. The molecular formula is C30H23BrN2O. The van der Waals surface area contributed by atoms with Crippen molar-refractivity contribution in [3.63, 3.8) is 0 Å². The Morgan fingerprint density at radius 2 is 1.26 bits per heavy atom. The summed E-state index contributed by atoms with van der Waals surface area (Å²) in [5.74, 6) is -0.160. The van der Waals surface area contributed by atoms with Gasteiger partial charge in [-0.05, 0) is 58.7 Å². The number of allylic oxidation sites excluding steroid dienone is 2. The molecule has 0 radical (unpaired) electrons. The highest BCUT2D eigenvalue weighted by molar-refractivity contribution is 9.10. The lowest BCUT2D eigenvalue weighted by Gasteiger charge is -2.37. The Morgan fingerprint density at radius 1 is 0.706 bits per heavy atom. The van der Waals surface area contributed by atoms with Crippen molar-refractivity contribution < 1.29 is 4.79 Å². The Labute approximate surface area is 208 Å². The van der Waals surface area contributed by atoms with Gasteiger partial charge in [-0.2, -0.15) is 0 Å². The van der Waals surface area contributed by atoms with E-state index in [4.69, 9.17) is 0 Å². The minimum absolute atomic E-state index is 0.160. The molecule has 1 heterocycles. The van der Waals surface area contributed by atoms with E-state index in [1.807, 2.05) is 83.9 Å². The van der Waals surface area contributed by atoms with Gasteiger partial charge in [0.15, 0.2) is 0 Å². The molecule has 3 nitrogen and oxygen atoms in total. The van der Waals surface area contributed by atoms with Crippen LogP contribution < -0.4 is 5.43 Å².